The van der Waals surface area contributed by atoms with Crippen molar-refractivity contribution in [1.82, 2.24) is 24.6 Å². The average molecular weight is 379 g/mol. The number of fused-ring (bicyclic) bond motifs is 1. The van der Waals surface area contributed by atoms with Crippen molar-refractivity contribution in [1.29, 1.82) is 0 Å². The van der Waals surface area contributed by atoms with Crippen molar-refractivity contribution in [3.8, 4) is 11.5 Å². The summed E-state index contributed by atoms with van der Waals surface area (Å²) in [4.78, 5) is 19.1. The van der Waals surface area contributed by atoms with E-state index in [2.05, 4.69) is 15.2 Å². The molecule has 1 unspecified atom stereocenters. The van der Waals surface area contributed by atoms with Gasteiger partial charge >= 0.3 is 0 Å². The molecular formula is C20H18FN5O2. The molecule has 1 atom stereocenters. The summed E-state index contributed by atoms with van der Waals surface area (Å²) in [5.41, 5.74) is 2.54. The number of rotatable bonds is 3. The quantitative estimate of drug-likeness (QED) is 0.589. The minimum Gasteiger partial charge on any atom is -0.463 e. The molecule has 28 heavy (non-hydrogen) atoms. The van der Waals surface area contributed by atoms with Crippen molar-refractivity contribution in [2.75, 3.05) is 13.1 Å². The SMILES string of the molecule is O=C(c1cc(-c2ccco2)[nH]n1)N1CCCC(n2cnc3cc(F)ccc32)C1. The third kappa shape index (κ3) is 2.87. The summed E-state index contributed by atoms with van der Waals surface area (Å²) in [7, 11) is 0. The normalized spacial score (nSPS) is 17.3. The number of imidazole rings is 1. The van der Waals surface area contributed by atoms with Gasteiger partial charge in [0.1, 0.15) is 11.5 Å². The van der Waals surface area contributed by atoms with Crippen LogP contribution in [0.3, 0.4) is 0 Å². The molecule has 0 bridgehead atoms. The van der Waals surface area contributed by atoms with Gasteiger partial charge in [0.15, 0.2) is 11.5 Å². The summed E-state index contributed by atoms with van der Waals surface area (Å²) in [6, 6.07) is 10.0. The monoisotopic (exact) mass is 379 g/mol. The lowest BCUT2D eigenvalue weighted by Crippen LogP contribution is -2.40. The third-order valence-corrected chi connectivity index (χ3v) is 5.20. The Hall–Kier alpha value is -3.42. The van der Waals surface area contributed by atoms with E-state index in [1.54, 1.807) is 30.8 Å². The van der Waals surface area contributed by atoms with E-state index in [0.29, 0.717) is 35.8 Å². The number of amides is 1. The Bertz CT molecular complexity index is 1130. The number of benzene rings is 1. The van der Waals surface area contributed by atoms with Crippen molar-refractivity contribution in [2.45, 2.75) is 18.9 Å². The highest BCUT2D eigenvalue weighted by Gasteiger charge is 2.28. The molecule has 0 aliphatic carbocycles. The molecule has 1 fully saturated rings. The molecule has 5 rings (SSSR count). The molecule has 0 spiro atoms. The van der Waals surface area contributed by atoms with Crippen LogP contribution in [0.25, 0.3) is 22.5 Å². The van der Waals surface area contributed by atoms with Gasteiger partial charge in [-0.25, -0.2) is 9.37 Å². The van der Waals surface area contributed by atoms with Crippen LogP contribution in [0.2, 0.25) is 0 Å². The Morgan fingerprint density at radius 2 is 2.21 bits per heavy atom. The Morgan fingerprint density at radius 3 is 3.07 bits per heavy atom. The molecule has 8 heteroatoms. The fourth-order valence-electron chi connectivity index (χ4n) is 3.81. The van der Waals surface area contributed by atoms with E-state index in [-0.39, 0.29) is 17.8 Å². The summed E-state index contributed by atoms with van der Waals surface area (Å²) in [5, 5.41) is 7.01. The third-order valence-electron chi connectivity index (χ3n) is 5.20. The van der Waals surface area contributed by atoms with Gasteiger partial charge < -0.3 is 13.9 Å². The Morgan fingerprint density at radius 1 is 1.29 bits per heavy atom. The van der Waals surface area contributed by atoms with E-state index in [4.69, 9.17) is 4.42 Å². The number of halogens is 1. The van der Waals surface area contributed by atoms with Crippen LogP contribution in [0.5, 0.6) is 0 Å². The number of aromatic nitrogens is 4. The van der Waals surface area contributed by atoms with Crippen LogP contribution in [0.4, 0.5) is 4.39 Å². The Labute approximate surface area is 159 Å². The maximum Gasteiger partial charge on any atom is 0.274 e. The van der Waals surface area contributed by atoms with Gasteiger partial charge in [0.25, 0.3) is 5.91 Å². The molecule has 0 saturated carbocycles. The Balaban J connectivity index is 1.37. The number of carbonyl (C=O) groups excluding carboxylic acids is 1. The predicted molar refractivity (Wildman–Crippen MR) is 100 cm³/mol. The fraction of sp³-hybridized carbons (Fsp3) is 0.250. The van der Waals surface area contributed by atoms with Gasteiger partial charge in [-0.3, -0.25) is 9.89 Å². The van der Waals surface area contributed by atoms with Crippen molar-refractivity contribution in [3.05, 3.63) is 60.5 Å². The molecule has 0 radical (unpaired) electrons. The number of nitrogens with zero attached hydrogens (tertiary/aromatic N) is 4. The molecule has 1 saturated heterocycles. The van der Waals surface area contributed by atoms with Crippen LogP contribution >= 0.6 is 0 Å². The second-order valence-electron chi connectivity index (χ2n) is 6.98. The zero-order valence-electron chi connectivity index (χ0n) is 15.0. The van der Waals surface area contributed by atoms with Crippen molar-refractivity contribution in [2.24, 2.45) is 0 Å². The first-order valence-electron chi connectivity index (χ1n) is 9.20. The van der Waals surface area contributed by atoms with Gasteiger partial charge in [-0.05, 0) is 37.1 Å². The van der Waals surface area contributed by atoms with Gasteiger partial charge in [-0.2, -0.15) is 5.10 Å². The first kappa shape index (κ1) is 16.7. The van der Waals surface area contributed by atoms with E-state index in [1.165, 1.54) is 12.1 Å². The standard InChI is InChI=1S/C20H18FN5O2/c21-13-5-6-18-15(9-13)22-12-26(18)14-3-1-7-25(11-14)20(27)17-10-16(23-24-17)19-4-2-8-28-19/h2,4-6,8-10,12,14H,1,3,7,11H2,(H,23,24). The summed E-state index contributed by atoms with van der Waals surface area (Å²) >= 11 is 0. The van der Waals surface area contributed by atoms with Crippen LogP contribution in [0.1, 0.15) is 29.4 Å². The van der Waals surface area contributed by atoms with Crippen molar-refractivity contribution in [3.63, 3.8) is 0 Å². The van der Waals surface area contributed by atoms with Crippen LogP contribution in [-0.2, 0) is 0 Å². The highest BCUT2D eigenvalue weighted by molar-refractivity contribution is 5.93. The largest absolute Gasteiger partial charge is 0.463 e. The van der Waals surface area contributed by atoms with Gasteiger partial charge in [-0.1, -0.05) is 0 Å². The maximum atomic E-state index is 13.4. The average Bonchev–Trinajstić information content (AvgIpc) is 3.46. The van der Waals surface area contributed by atoms with E-state index in [1.807, 2.05) is 15.5 Å². The molecule has 1 N–H and O–H groups in total. The van der Waals surface area contributed by atoms with Gasteiger partial charge in [0, 0.05) is 25.2 Å². The smallest absolute Gasteiger partial charge is 0.274 e. The number of aromatic amines is 1. The first-order valence-corrected chi connectivity index (χ1v) is 9.20. The van der Waals surface area contributed by atoms with Crippen LogP contribution in [0.15, 0.2) is 53.4 Å². The topological polar surface area (TPSA) is 80.0 Å². The number of carbonyl (C=O) groups is 1. The molecule has 7 nitrogen and oxygen atoms in total. The van der Waals surface area contributed by atoms with E-state index in [9.17, 15) is 9.18 Å². The lowest BCUT2D eigenvalue weighted by Gasteiger charge is -2.33. The fourth-order valence-corrected chi connectivity index (χ4v) is 3.81. The van der Waals surface area contributed by atoms with Gasteiger partial charge in [0.2, 0.25) is 0 Å². The number of H-pyrrole nitrogens is 1. The number of furan rings is 1. The molecule has 1 aromatic carbocycles. The number of nitrogens with one attached hydrogen (secondary N) is 1. The van der Waals surface area contributed by atoms with Crippen molar-refractivity contribution >= 4 is 16.9 Å². The lowest BCUT2D eigenvalue weighted by molar-refractivity contribution is 0.0675. The number of piperidine rings is 1. The summed E-state index contributed by atoms with van der Waals surface area (Å²) in [6.45, 7) is 1.24. The molecule has 1 aliphatic rings. The molecule has 1 aliphatic heterocycles. The second-order valence-corrected chi connectivity index (χ2v) is 6.98. The van der Waals surface area contributed by atoms with Crippen molar-refractivity contribution < 1.29 is 13.6 Å². The maximum absolute atomic E-state index is 13.4. The van der Waals surface area contributed by atoms with Crippen LogP contribution < -0.4 is 0 Å². The summed E-state index contributed by atoms with van der Waals surface area (Å²) in [5.74, 6) is 0.221. The summed E-state index contributed by atoms with van der Waals surface area (Å²) in [6.07, 6.45) is 5.12. The molecule has 4 heterocycles. The van der Waals surface area contributed by atoms with Gasteiger partial charge in [-0.15, -0.1) is 0 Å². The van der Waals surface area contributed by atoms with E-state index in [0.717, 1.165) is 18.4 Å². The van der Waals surface area contributed by atoms with Crippen LogP contribution in [0, 0.1) is 5.82 Å². The van der Waals surface area contributed by atoms with Gasteiger partial charge in [0.05, 0.1) is 29.7 Å². The lowest BCUT2D eigenvalue weighted by atomic mass is 10.0. The molecule has 3 aromatic heterocycles. The number of hydrogen-bond acceptors (Lipinski definition) is 4. The minimum absolute atomic E-state index is 0.0941. The van der Waals surface area contributed by atoms with E-state index >= 15 is 0 Å². The number of likely N-dealkylation sites (tertiary alicyclic amines) is 1. The predicted octanol–water partition coefficient (Wildman–Crippen LogP) is 3.64. The molecule has 1 amide bonds. The summed E-state index contributed by atoms with van der Waals surface area (Å²) < 4.78 is 20.8. The minimum atomic E-state index is -0.302. The molecule has 4 aromatic rings. The first-order chi connectivity index (χ1) is 13.7. The van der Waals surface area contributed by atoms with Crippen LogP contribution in [-0.4, -0.2) is 43.6 Å². The zero-order valence-corrected chi connectivity index (χ0v) is 15.0. The zero-order chi connectivity index (χ0) is 19.1. The highest BCUT2D eigenvalue weighted by atomic mass is 19.1. The Kier molecular flexibility index (Phi) is 3.96. The molecular weight excluding hydrogens is 361 g/mol. The highest BCUT2D eigenvalue weighted by Crippen LogP contribution is 2.27. The molecule has 142 valence electrons. The second kappa shape index (κ2) is 6.63. The van der Waals surface area contributed by atoms with E-state index < -0.39 is 0 Å². The number of hydrogen-bond donors (Lipinski definition) is 1.